The predicted octanol–water partition coefficient (Wildman–Crippen LogP) is 2.04. The maximum atomic E-state index is 12.1. The molecule has 7 heteroatoms. The quantitative estimate of drug-likeness (QED) is 0.639. The summed E-state index contributed by atoms with van der Waals surface area (Å²) in [5, 5.41) is 3.72. The monoisotopic (exact) mass is 329 g/mol. The lowest BCUT2D eigenvalue weighted by atomic mass is 10.1. The summed E-state index contributed by atoms with van der Waals surface area (Å²) >= 11 is 6.08. The van der Waals surface area contributed by atoms with Gasteiger partial charge in [0, 0.05) is 32.2 Å². The van der Waals surface area contributed by atoms with Crippen LogP contribution in [0.3, 0.4) is 0 Å². The van der Waals surface area contributed by atoms with E-state index in [0.29, 0.717) is 30.4 Å². The molecule has 0 spiro atoms. The number of morpholine rings is 2. The Morgan fingerprint density at radius 2 is 2.14 bits per heavy atom. The third-order valence-corrected chi connectivity index (χ3v) is 4.20. The van der Waals surface area contributed by atoms with Gasteiger partial charge in [-0.1, -0.05) is 11.6 Å². The highest BCUT2D eigenvalue weighted by molar-refractivity contribution is 6.30. The molecule has 2 atom stereocenters. The Balaban J connectivity index is 1.66. The van der Waals surface area contributed by atoms with Crippen LogP contribution in [0.4, 0.5) is 10.1 Å². The van der Waals surface area contributed by atoms with Crippen molar-refractivity contribution >= 4 is 17.3 Å². The van der Waals surface area contributed by atoms with Crippen molar-refractivity contribution in [3.63, 3.8) is 0 Å². The van der Waals surface area contributed by atoms with Crippen molar-refractivity contribution in [3.8, 4) is 5.75 Å². The molecule has 2 aliphatic heterocycles. The van der Waals surface area contributed by atoms with Crippen molar-refractivity contribution in [1.29, 1.82) is 0 Å². The van der Waals surface area contributed by atoms with Crippen LogP contribution in [0.2, 0.25) is 5.15 Å². The van der Waals surface area contributed by atoms with Crippen molar-refractivity contribution in [3.05, 3.63) is 17.4 Å². The van der Waals surface area contributed by atoms with Gasteiger partial charge in [0.05, 0.1) is 37.4 Å². The van der Waals surface area contributed by atoms with E-state index in [2.05, 4.69) is 15.2 Å². The molecule has 3 heterocycles. The SMILES string of the molecule is FCCCCOc1cc(N2CC3CNCC(C2)O3)cnc1Cl. The first-order valence-corrected chi connectivity index (χ1v) is 8.09. The molecule has 2 unspecified atom stereocenters. The van der Waals surface area contributed by atoms with Crippen molar-refractivity contribution in [1.82, 2.24) is 10.3 Å². The van der Waals surface area contributed by atoms with E-state index in [0.717, 1.165) is 31.9 Å². The number of fused-ring (bicyclic) bond motifs is 2. The molecule has 3 rings (SSSR count). The Morgan fingerprint density at radius 1 is 1.36 bits per heavy atom. The van der Waals surface area contributed by atoms with Gasteiger partial charge in [-0.05, 0) is 12.8 Å². The van der Waals surface area contributed by atoms with Crippen LogP contribution >= 0.6 is 11.6 Å². The van der Waals surface area contributed by atoms with Gasteiger partial charge in [-0.2, -0.15) is 0 Å². The number of anilines is 1. The average Bonchev–Trinajstić information content (AvgIpc) is 2.52. The number of alkyl halides is 1. The van der Waals surface area contributed by atoms with Crippen LogP contribution in [0, 0.1) is 0 Å². The molecule has 0 radical (unpaired) electrons. The molecule has 0 amide bonds. The summed E-state index contributed by atoms with van der Waals surface area (Å²) in [6.07, 6.45) is 3.36. The van der Waals surface area contributed by atoms with Crippen LogP contribution < -0.4 is 15.0 Å². The molecule has 122 valence electrons. The first-order chi connectivity index (χ1) is 10.8. The number of halogens is 2. The lowest BCUT2D eigenvalue weighted by molar-refractivity contribution is -0.0484. The van der Waals surface area contributed by atoms with E-state index in [1.54, 1.807) is 6.20 Å². The molecular weight excluding hydrogens is 309 g/mol. The highest BCUT2D eigenvalue weighted by Gasteiger charge is 2.31. The molecule has 2 aliphatic rings. The number of nitrogens with one attached hydrogen (secondary N) is 1. The molecule has 22 heavy (non-hydrogen) atoms. The first-order valence-electron chi connectivity index (χ1n) is 7.71. The van der Waals surface area contributed by atoms with E-state index in [1.807, 2.05) is 6.07 Å². The van der Waals surface area contributed by atoms with Crippen LogP contribution in [0.1, 0.15) is 12.8 Å². The Kier molecular flexibility index (Phi) is 5.33. The summed E-state index contributed by atoms with van der Waals surface area (Å²) in [5.74, 6) is 0.563. The number of rotatable bonds is 6. The van der Waals surface area contributed by atoms with E-state index < -0.39 is 0 Å². The molecule has 1 aromatic rings. The third kappa shape index (κ3) is 3.80. The van der Waals surface area contributed by atoms with Crippen molar-refractivity contribution in [2.75, 3.05) is 44.4 Å². The van der Waals surface area contributed by atoms with Crippen LogP contribution in [0.25, 0.3) is 0 Å². The molecule has 1 N–H and O–H groups in total. The van der Waals surface area contributed by atoms with E-state index in [4.69, 9.17) is 21.1 Å². The molecule has 2 fully saturated rings. The second-order valence-electron chi connectivity index (χ2n) is 5.67. The fourth-order valence-corrected chi connectivity index (χ4v) is 2.99. The summed E-state index contributed by atoms with van der Waals surface area (Å²) in [7, 11) is 0. The molecule has 0 saturated carbocycles. The molecule has 2 saturated heterocycles. The number of pyridine rings is 1. The lowest BCUT2D eigenvalue weighted by Gasteiger charge is -2.42. The summed E-state index contributed by atoms with van der Waals surface area (Å²) in [6.45, 7) is 3.54. The second kappa shape index (κ2) is 7.44. The van der Waals surface area contributed by atoms with Gasteiger partial charge >= 0.3 is 0 Å². The van der Waals surface area contributed by atoms with E-state index >= 15 is 0 Å². The van der Waals surface area contributed by atoms with Crippen molar-refractivity contribution in [2.24, 2.45) is 0 Å². The van der Waals surface area contributed by atoms with E-state index in [-0.39, 0.29) is 18.9 Å². The highest BCUT2D eigenvalue weighted by atomic mass is 35.5. The zero-order valence-electron chi connectivity index (χ0n) is 12.4. The number of hydrogen-bond donors (Lipinski definition) is 1. The Hall–Kier alpha value is -1.11. The molecule has 0 aromatic carbocycles. The summed E-state index contributed by atoms with van der Waals surface area (Å²) in [4.78, 5) is 6.48. The second-order valence-corrected chi connectivity index (χ2v) is 6.03. The van der Waals surface area contributed by atoms with Gasteiger partial charge in [0.2, 0.25) is 0 Å². The number of hydrogen-bond acceptors (Lipinski definition) is 5. The Morgan fingerprint density at radius 3 is 2.86 bits per heavy atom. The van der Waals surface area contributed by atoms with Crippen LogP contribution in [0.5, 0.6) is 5.75 Å². The highest BCUT2D eigenvalue weighted by Crippen LogP contribution is 2.29. The van der Waals surface area contributed by atoms with Crippen molar-refractivity contribution < 1.29 is 13.9 Å². The normalized spacial score (nSPS) is 24.4. The van der Waals surface area contributed by atoms with Gasteiger partial charge in [0.25, 0.3) is 0 Å². The summed E-state index contributed by atoms with van der Waals surface area (Å²) in [6, 6.07) is 1.92. The maximum absolute atomic E-state index is 12.1. The van der Waals surface area contributed by atoms with Gasteiger partial charge < -0.3 is 19.7 Å². The minimum Gasteiger partial charge on any atom is -0.490 e. The van der Waals surface area contributed by atoms with Crippen molar-refractivity contribution in [2.45, 2.75) is 25.0 Å². The van der Waals surface area contributed by atoms with Gasteiger partial charge in [0.1, 0.15) is 0 Å². The molecular formula is C15H21ClFN3O2. The topological polar surface area (TPSA) is 46.6 Å². The van der Waals surface area contributed by atoms with Gasteiger partial charge in [-0.15, -0.1) is 0 Å². The largest absolute Gasteiger partial charge is 0.490 e. The van der Waals surface area contributed by atoms with Crippen LogP contribution in [-0.2, 0) is 4.74 Å². The smallest absolute Gasteiger partial charge is 0.171 e. The summed E-state index contributed by atoms with van der Waals surface area (Å²) < 4.78 is 23.6. The number of ether oxygens (including phenoxy) is 2. The fourth-order valence-electron chi connectivity index (χ4n) is 2.84. The van der Waals surface area contributed by atoms with Crippen LogP contribution in [-0.4, -0.2) is 56.7 Å². The Bertz CT molecular complexity index is 494. The number of aromatic nitrogens is 1. The first kappa shape index (κ1) is 15.8. The lowest BCUT2D eigenvalue weighted by Crippen LogP contribution is -2.58. The predicted molar refractivity (Wildman–Crippen MR) is 83.7 cm³/mol. The third-order valence-electron chi connectivity index (χ3n) is 3.92. The number of unbranched alkanes of at least 4 members (excludes halogenated alkanes) is 1. The maximum Gasteiger partial charge on any atom is 0.171 e. The zero-order chi connectivity index (χ0) is 15.4. The number of nitrogens with zero attached hydrogens (tertiary/aromatic N) is 2. The Labute approximate surface area is 134 Å². The zero-order valence-corrected chi connectivity index (χ0v) is 13.2. The molecule has 2 bridgehead atoms. The van der Waals surface area contributed by atoms with E-state index in [1.165, 1.54) is 0 Å². The molecule has 1 aromatic heterocycles. The van der Waals surface area contributed by atoms with Crippen LogP contribution in [0.15, 0.2) is 12.3 Å². The molecule has 5 nitrogen and oxygen atoms in total. The van der Waals surface area contributed by atoms with Gasteiger partial charge in [-0.3, -0.25) is 4.39 Å². The minimum absolute atomic E-state index is 0.206. The average molecular weight is 330 g/mol. The fraction of sp³-hybridized carbons (Fsp3) is 0.667. The van der Waals surface area contributed by atoms with Gasteiger partial charge in [0.15, 0.2) is 10.9 Å². The van der Waals surface area contributed by atoms with E-state index in [9.17, 15) is 4.39 Å². The standard InChI is InChI=1S/C15H21ClFN3O2/c16-15-14(21-4-2-1-3-17)5-11(6-19-15)20-9-12-7-18-8-13(10-20)22-12/h5-6,12-13,18H,1-4,7-10H2. The van der Waals surface area contributed by atoms with Gasteiger partial charge in [-0.25, -0.2) is 4.98 Å². The molecule has 0 aliphatic carbocycles. The minimum atomic E-state index is -0.319. The summed E-state index contributed by atoms with van der Waals surface area (Å²) in [5.41, 5.74) is 0.991.